The van der Waals surface area contributed by atoms with Gasteiger partial charge in [0.2, 0.25) is 5.91 Å². The molecule has 6 nitrogen and oxygen atoms in total. The van der Waals surface area contributed by atoms with Crippen LogP contribution in [0.4, 0.5) is 4.79 Å². The van der Waals surface area contributed by atoms with E-state index >= 15 is 0 Å². The van der Waals surface area contributed by atoms with E-state index in [-0.39, 0.29) is 24.4 Å². The summed E-state index contributed by atoms with van der Waals surface area (Å²) < 4.78 is 0. The summed E-state index contributed by atoms with van der Waals surface area (Å²) in [4.78, 5) is 35.8. The number of urea groups is 1. The Balaban J connectivity index is 1.88. The number of carbonyl (C=O) groups excluding carboxylic acids is 3. The number of amides is 4. The minimum atomic E-state index is -0.459. The Morgan fingerprint density at radius 3 is 2.76 bits per heavy atom. The first-order valence-corrected chi connectivity index (χ1v) is 6.03. The lowest BCUT2D eigenvalue weighted by molar-refractivity contribution is -0.132. The Morgan fingerprint density at radius 1 is 1.47 bits per heavy atom. The third-order valence-corrected chi connectivity index (χ3v) is 2.93. The zero-order chi connectivity index (χ0) is 12.4. The highest BCUT2D eigenvalue weighted by Crippen LogP contribution is 2.18. The van der Waals surface area contributed by atoms with Crippen molar-refractivity contribution < 1.29 is 14.4 Å². The van der Waals surface area contributed by atoms with E-state index in [9.17, 15) is 14.4 Å². The summed E-state index contributed by atoms with van der Waals surface area (Å²) in [5.74, 6) is -0.545. The van der Waals surface area contributed by atoms with E-state index < -0.39 is 12.1 Å². The second-order valence-electron chi connectivity index (χ2n) is 4.56. The normalized spacial score (nSPS) is 23.8. The third-order valence-electron chi connectivity index (χ3n) is 2.93. The van der Waals surface area contributed by atoms with E-state index in [1.165, 1.54) is 0 Å². The lowest BCUT2D eigenvalue weighted by atomic mass is 10.2. The molecule has 2 rings (SSSR count). The molecule has 0 bridgehead atoms. The number of imide groups is 1. The monoisotopic (exact) mass is 239 g/mol. The number of hydrogen-bond acceptors (Lipinski definition) is 3. The van der Waals surface area contributed by atoms with Crippen molar-refractivity contribution in [1.29, 1.82) is 0 Å². The second-order valence-corrected chi connectivity index (χ2v) is 4.56. The Hall–Kier alpha value is -1.59. The Kier molecular flexibility index (Phi) is 3.31. The van der Waals surface area contributed by atoms with Crippen LogP contribution in [0.2, 0.25) is 0 Å². The lowest BCUT2D eigenvalue weighted by Gasteiger charge is -2.12. The molecule has 6 heteroatoms. The van der Waals surface area contributed by atoms with Gasteiger partial charge in [0, 0.05) is 6.04 Å². The van der Waals surface area contributed by atoms with Crippen LogP contribution in [0.25, 0.3) is 0 Å². The Morgan fingerprint density at radius 2 is 2.18 bits per heavy atom. The molecule has 2 fully saturated rings. The second kappa shape index (κ2) is 4.73. The highest BCUT2D eigenvalue weighted by molar-refractivity contribution is 6.06. The van der Waals surface area contributed by atoms with Crippen molar-refractivity contribution in [3.8, 4) is 0 Å². The van der Waals surface area contributed by atoms with Crippen LogP contribution in [0, 0.1) is 0 Å². The third kappa shape index (κ3) is 2.75. The number of carbonyl (C=O) groups is 3. The molecule has 1 aliphatic carbocycles. The first-order chi connectivity index (χ1) is 8.11. The van der Waals surface area contributed by atoms with E-state index in [4.69, 9.17) is 0 Å². The van der Waals surface area contributed by atoms with Gasteiger partial charge in [-0.15, -0.1) is 0 Å². The molecule has 1 atom stereocenters. The van der Waals surface area contributed by atoms with E-state index in [2.05, 4.69) is 10.6 Å². The molecular formula is C11H17N3O3. The maximum atomic E-state index is 11.8. The molecule has 0 aromatic heterocycles. The molecule has 17 heavy (non-hydrogen) atoms. The molecule has 1 saturated heterocycles. The van der Waals surface area contributed by atoms with Crippen LogP contribution in [0.15, 0.2) is 0 Å². The van der Waals surface area contributed by atoms with Crippen molar-refractivity contribution in [1.82, 2.24) is 15.5 Å². The Bertz CT molecular complexity index is 352. The van der Waals surface area contributed by atoms with Crippen LogP contribution in [-0.4, -0.2) is 41.4 Å². The zero-order valence-corrected chi connectivity index (χ0v) is 9.86. The van der Waals surface area contributed by atoms with Crippen molar-refractivity contribution in [2.75, 3.05) is 6.54 Å². The molecule has 1 aliphatic heterocycles. The molecular weight excluding hydrogens is 222 g/mol. The van der Waals surface area contributed by atoms with Crippen LogP contribution in [0.3, 0.4) is 0 Å². The summed E-state index contributed by atoms with van der Waals surface area (Å²) in [7, 11) is 0. The van der Waals surface area contributed by atoms with Gasteiger partial charge in [-0.2, -0.15) is 0 Å². The maximum Gasteiger partial charge on any atom is 0.325 e. The van der Waals surface area contributed by atoms with Crippen molar-refractivity contribution >= 4 is 17.8 Å². The molecule has 0 spiro atoms. The molecule has 1 saturated carbocycles. The van der Waals surface area contributed by atoms with Gasteiger partial charge in [-0.25, -0.2) is 4.79 Å². The van der Waals surface area contributed by atoms with Crippen LogP contribution < -0.4 is 10.6 Å². The van der Waals surface area contributed by atoms with Gasteiger partial charge >= 0.3 is 6.03 Å². The van der Waals surface area contributed by atoms with Gasteiger partial charge < -0.3 is 10.6 Å². The minimum Gasteiger partial charge on any atom is -0.352 e. The predicted octanol–water partition coefficient (Wildman–Crippen LogP) is -0.0145. The molecule has 94 valence electrons. The molecule has 2 N–H and O–H groups in total. The SMILES string of the molecule is CCC[C@H]1NC(=O)N(CC(=O)NC2CC2)C1=O. The molecule has 0 aromatic rings. The number of nitrogens with one attached hydrogen (secondary N) is 2. The van der Waals surface area contributed by atoms with Gasteiger partial charge in [-0.05, 0) is 19.3 Å². The summed E-state index contributed by atoms with van der Waals surface area (Å²) in [5.41, 5.74) is 0. The van der Waals surface area contributed by atoms with Gasteiger partial charge in [0.05, 0.1) is 0 Å². The van der Waals surface area contributed by atoms with Gasteiger partial charge in [-0.1, -0.05) is 13.3 Å². The van der Waals surface area contributed by atoms with Gasteiger partial charge in [0.25, 0.3) is 5.91 Å². The highest BCUT2D eigenvalue weighted by Gasteiger charge is 2.38. The highest BCUT2D eigenvalue weighted by atomic mass is 16.2. The minimum absolute atomic E-state index is 0.165. The topological polar surface area (TPSA) is 78.5 Å². The van der Waals surface area contributed by atoms with E-state index in [1.54, 1.807) is 0 Å². The van der Waals surface area contributed by atoms with Crippen molar-refractivity contribution in [3.05, 3.63) is 0 Å². The maximum absolute atomic E-state index is 11.8. The molecule has 2 aliphatic rings. The van der Waals surface area contributed by atoms with Crippen molar-refractivity contribution in [3.63, 3.8) is 0 Å². The zero-order valence-electron chi connectivity index (χ0n) is 9.86. The summed E-state index contributed by atoms with van der Waals surface area (Å²) in [6, 6.07) is -0.671. The molecule has 1 heterocycles. The van der Waals surface area contributed by atoms with Crippen molar-refractivity contribution in [2.45, 2.75) is 44.7 Å². The van der Waals surface area contributed by atoms with Gasteiger partial charge in [-0.3, -0.25) is 14.5 Å². The molecule has 0 aromatic carbocycles. The fraction of sp³-hybridized carbons (Fsp3) is 0.727. The predicted molar refractivity (Wildman–Crippen MR) is 60.1 cm³/mol. The van der Waals surface area contributed by atoms with Crippen LogP contribution in [0.1, 0.15) is 32.6 Å². The standard InChI is InChI=1S/C11H17N3O3/c1-2-3-8-10(16)14(11(17)13-8)6-9(15)12-7-4-5-7/h7-8H,2-6H2,1H3,(H,12,15)(H,13,17)/t8-/m1/s1. The summed E-state index contributed by atoms with van der Waals surface area (Å²) in [6.45, 7) is 1.78. The lowest BCUT2D eigenvalue weighted by Crippen LogP contribution is -2.41. The average molecular weight is 239 g/mol. The van der Waals surface area contributed by atoms with Crippen LogP contribution >= 0.6 is 0 Å². The Labute approximate surface area is 99.7 Å². The number of nitrogens with zero attached hydrogens (tertiary/aromatic N) is 1. The van der Waals surface area contributed by atoms with Crippen LogP contribution in [0.5, 0.6) is 0 Å². The van der Waals surface area contributed by atoms with Crippen LogP contribution in [-0.2, 0) is 9.59 Å². The van der Waals surface area contributed by atoms with Gasteiger partial charge in [0.1, 0.15) is 12.6 Å². The first-order valence-electron chi connectivity index (χ1n) is 6.03. The van der Waals surface area contributed by atoms with E-state index in [1.807, 2.05) is 6.92 Å². The number of rotatable bonds is 5. The summed E-state index contributed by atoms with van der Waals surface area (Å²) in [5, 5.41) is 5.34. The van der Waals surface area contributed by atoms with Gasteiger partial charge in [0.15, 0.2) is 0 Å². The quantitative estimate of drug-likeness (QED) is 0.662. The van der Waals surface area contributed by atoms with E-state index in [0.717, 1.165) is 24.2 Å². The molecule has 4 amide bonds. The molecule has 0 radical (unpaired) electrons. The summed E-state index contributed by atoms with van der Waals surface area (Å²) >= 11 is 0. The fourth-order valence-electron chi connectivity index (χ4n) is 1.86. The van der Waals surface area contributed by atoms with E-state index in [0.29, 0.717) is 6.42 Å². The summed E-state index contributed by atoms with van der Waals surface area (Å²) in [6.07, 6.45) is 3.42. The number of hydrogen-bond donors (Lipinski definition) is 2. The smallest absolute Gasteiger partial charge is 0.325 e. The largest absolute Gasteiger partial charge is 0.352 e. The fourth-order valence-corrected chi connectivity index (χ4v) is 1.86. The first kappa shape index (κ1) is 11.9. The molecule has 0 unspecified atom stereocenters. The van der Waals surface area contributed by atoms with Crippen molar-refractivity contribution in [2.24, 2.45) is 0 Å². The average Bonchev–Trinajstić information content (AvgIpc) is 3.03.